The first kappa shape index (κ1) is 12.5. The van der Waals surface area contributed by atoms with Crippen LogP contribution in [0.15, 0.2) is 0 Å². The average Bonchev–Trinajstić information content (AvgIpc) is 2.46. The molecule has 1 rings (SSSR count). The monoisotopic (exact) mass is 214 g/mol. The molecule has 0 aromatic heterocycles. The van der Waals surface area contributed by atoms with Crippen molar-refractivity contribution >= 4 is 5.91 Å². The molecule has 0 spiro atoms. The van der Waals surface area contributed by atoms with Crippen molar-refractivity contribution in [3.05, 3.63) is 0 Å². The fourth-order valence-corrected chi connectivity index (χ4v) is 1.96. The maximum absolute atomic E-state index is 11.7. The van der Waals surface area contributed by atoms with Crippen molar-refractivity contribution in [1.82, 2.24) is 4.90 Å². The highest BCUT2D eigenvalue weighted by Gasteiger charge is 2.33. The third-order valence-electron chi connectivity index (χ3n) is 2.85. The number of likely N-dealkylation sites (tertiary alicyclic amines) is 1. The van der Waals surface area contributed by atoms with E-state index < -0.39 is 0 Å². The number of carbonyl (C=O) groups is 1. The van der Waals surface area contributed by atoms with Gasteiger partial charge in [-0.1, -0.05) is 13.8 Å². The van der Waals surface area contributed by atoms with Crippen LogP contribution >= 0.6 is 0 Å². The SMILES string of the molecule is CCOCC(C(C)C)N1CC(N)CC1=O. The zero-order valence-electron chi connectivity index (χ0n) is 9.90. The summed E-state index contributed by atoms with van der Waals surface area (Å²) in [4.78, 5) is 13.6. The number of nitrogens with zero attached hydrogens (tertiary/aromatic N) is 1. The molecule has 4 heteroatoms. The molecule has 1 aliphatic rings. The Balaban J connectivity index is 2.59. The van der Waals surface area contributed by atoms with E-state index in [1.165, 1.54) is 0 Å². The van der Waals surface area contributed by atoms with Crippen LogP contribution in [-0.4, -0.2) is 42.6 Å². The molecule has 1 aliphatic heterocycles. The van der Waals surface area contributed by atoms with Gasteiger partial charge < -0.3 is 15.4 Å². The molecule has 4 nitrogen and oxygen atoms in total. The lowest BCUT2D eigenvalue weighted by Gasteiger charge is -2.30. The molecule has 0 saturated carbocycles. The van der Waals surface area contributed by atoms with E-state index in [1.54, 1.807) is 0 Å². The fourth-order valence-electron chi connectivity index (χ4n) is 1.96. The van der Waals surface area contributed by atoms with Gasteiger partial charge in [0.1, 0.15) is 0 Å². The minimum atomic E-state index is 0.000349. The summed E-state index contributed by atoms with van der Waals surface area (Å²) in [5.74, 6) is 0.576. The summed E-state index contributed by atoms with van der Waals surface area (Å²) in [6.45, 7) is 8.18. The third-order valence-corrected chi connectivity index (χ3v) is 2.85. The van der Waals surface area contributed by atoms with Crippen LogP contribution in [0.3, 0.4) is 0 Å². The molecule has 88 valence electrons. The molecule has 0 aromatic carbocycles. The van der Waals surface area contributed by atoms with E-state index in [4.69, 9.17) is 10.5 Å². The molecule has 2 atom stereocenters. The van der Waals surface area contributed by atoms with Crippen LogP contribution in [0, 0.1) is 5.92 Å². The molecule has 0 bridgehead atoms. The standard InChI is InChI=1S/C11H22N2O2/c1-4-15-7-10(8(2)3)13-6-9(12)5-11(13)14/h8-10H,4-7,12H2,1-3H3. The Kier molecular flexibility index (Phi) is 4.54. The van der Waals surface area contributed by atoms with E-state index in [0.29, 0.717) is 32.1 Å². The molecule has 1 amide bonds. The molecule has 1 fully saturated rings. The Morgan fingerprint density at radius 1 is 1.60 bits per heavy atom. The second-order valence-electron chi connectivity index (χ2n) is 4.48. The first-order valence-electron chi connectivity index (χ1n) is 5.69. The van der Waals surface area contributed by atoms with Crippen LogP contribution in [0.5, 0.6) is 0 Å². The van der Waals surface area contributed by atoms with Gasteiger partial charge in [-0.3, -0.25) is 4.79 Å². The number of nitrogens with two attached hydrogens (primary N) is 1. The number of rotatable bonds is 5. The Hall–Kier alpha value is -0.610. The number of hydrogen-bond donors (Lipinski definition) is 1. The topological polar surface area (TPSA) is 55.6 Å². The molecule has 15 heavy (non-hydrogen) atoms. The molecule has 2 unspecified atom stereocenters. The van der Waals surface area contributed by atoms with Gasteiger partial charge >= 0.3 is 0 Å². The van der Waals surface area contributed by atoms with Crippen LogP contribution in [0.1, 0.15) is 27.2 Å². The summed E-state index contributed by atoms with van der Waals surface area (Å²) in [6, 6.07) is 0.173. The summed E-state index contributed by atoms with van der Waals surface area (Å²) < 4.78 is 5.42. The van der Waals surface area contributed by atoms with E-state index in [-0.39, 0.29) is 18.0 Å². The quantitative estimate of drug-likeness (QED) is 0.729. The minimum absolute atomic E-state index is 0.000349. The Morgan fingerprint density at radius 3 is 2.67 bits per heavy atom. The lowest BCUT2D eigenvalue weighted by molar-refractivity contribution is -0.131. The average molecular weight is 214 g/mol. The highest BCUT2D eigenvalue weighted by Crippen LogP contribution is 2.18. The van der Waals surface area contributed by atoms with Crippen LogP contribution in [0.25, 0.3) is 0 Å². The van der Waals surface area contributed by atoms with E-state index in [1.807, 2.05) is 11.8 Å². The second-order valence-corrected chi connectivity index (χ2v) is 4.48. The predicted molar refractivity (Wildman–Crippen MR) is 59.4 cm³/mol. The minimum Gasteiger partial charge on any atom is -0.380 e. The van der Waals surface area contributed by atoms with E-state index >= 15 is 0 Å². The van der Waals surface area contributed by atoms with Gasteiger partial charge in [0.15, 0.2) is 0 Å². The zero-order chi connectivity index (χ0) is 11.4. The number of amides is 1. The molecule has 0 aliphatic carbocycles. The molecule has 2 N–H and O–H groups in total. The maximum atomic E-state index is 11.7. The largest absolute Gasteiger partial charge is 0.380 e. The van der Waals surface area contributed by atoms with E-state index in [0.717, 1.165) is 0 Å². The van der Waals surface area contributed by atoms with Crippen molar-refractivity contribution in [2.75, 3.05) is 19.8 Å². The number of carbonyl (C=O) groups excluding carboxylic acids is 1. The Morgan fingerprint density at radius 2 is 2.27 bits per heavy atom. The normalized spacial score (nSPS) is 23.9. The first-order valence-corrected chi connectivity index (χ1v) is 5.69. The maximum Gasteiger partial charge on any atom is 0.224 e. The predicted octanol–water partition coefficient (Wildman–Crippen LogP) is 0.607. The lowest BCUT2D eigenvalue weighted by Crippen LogP contribution is -2.44. The van der Waals surface area contributed by atoms with Gasteiger partial charge in [0.05, 0.1) is 12.6 Å². The molecule has 1 saturated heterocycles. The molecule has 0 radical (unpaired) electrons. The molecular formula is C11H22N2O2. The number of ether oxygens (including phenoxy) is 1. The van der Waals surface area contributed by atoms with Gasteiger partial charge in [-0.05, 0) is 12.8 Å². The number of hydrogen-bond acceptors (Lipinski definition) is 3. The fraction of sp³-hybridized carbons (Fsp3) is 0.909. The van der Waals surface area contributed by atoms with Gasteiger partial charge in [-0.2, -0.15) is 0 Å². The van der Waals surface area contributed by atoms with Crippen molar-refractivity contribution in [1.29, 1.82) is 0 Å². The summed E-state index contributed by atoms with van der Waals surface area (Å²) in [5, 5.41) is 0. The van der Waals surface area contributed by atoms with Gasteiger partial charge in [-0.25, -0.2) is 0 Å². The highest BCUT2D eigenvalue weighted by atomic mass is 16.5. The van der Waals surface area contributed by atoms with Crippen molar-refractivity contribution in [3.63, 3.8) is 0 Å². The molecular weight excluding hydrogens is 192 g/mol. The summed E-state index contributed by atoms with van der Waals surface area (Å²) in [6.07, 6.45) is 0.481. The lowest BCUT2D eigenvalue weighted by atomic mass is 10.0. The van der Waals surface area contributed by atoms with Crippen LogP contribution in [0.2, 0.25) is 0 Å². The summed E-state index contributed by atoms with van der Waals surface area (Å²) in [7, 11) is 0. The van der Waals surface area contributed by atoms with Gasteiger partial charge in [0.25, 0.3) is 0 Å². The molecule has 1 heterocycles. The third kappa shape index (κ3) is 3.18. The smallest absolute Gasteiger partial charge is 0.224 e. The van der Waals surface area contributed by atoms with Crippen LogP contribution in [-0.2, 0) is 9.53 Å². The second kappa shape index (κ2) is 5.47. The van der Waals surface area contributed by atoms with Crippen molar-refractivity contribution in [3.8, 4) is 0 Å². The highest BCUT2D eigenvalue weighted by molar-refractivity contribution is 5.79. The Labute approximate surface area is 91.8 Å². The van der Waals surface area contributed by atoms with Crippen LogP contribution < -0.4 is 5.73 Å². The summed E-state index contributed by atoms with van der Waals surface area (Å²) >= 11 is 0. The van der Waals surface area contributed by atoms with Crippen LogP contribution in [0.4, 0.5) is 0 Å². The van der Waals surface area contributed by atoms with Crippen molar-refractivity contribution in [2.45, 2.75) is 39.3 Å². The van der Waals surface area contributed by atoms with Gasteiger partial charge in [-0.15, -0.1) is 0 Å². The van der Waals surface area contributed by atoms with Crippen molar-refractivity contribution < 1.29 is 9.53 Å². The van der Waals surface area contributed by atoms with Gasteiger partial charge in [0.2, 0.25) is 5.91 Å². The van der Waals surface area contributed by atoms with E-state index in [2.05, 4.69) is 13.8 Å². The zero-order valence-corrected chi connectivity index (χ0v) is 9.90. The molecule has 0 aromatic rings. The first-order chi connectivity index (χ1) is 7.06. The van der Waals surface area contributed by atoms with Gasteiger partial charge in [0, 0.05) is 25.6 Å². The summed E-state index contributed by atoms with van der Waals surface area (Å²) in [5.41, 5.74) is 5.78. The van der Waals surface area contributed by atoms with E-state index in [9.17, 15) is 4.79 Å². The Bertz CT molecular complexity index is 219. The van der Waals surface area contributed by atoms with Crippen molar-refractivity contribution in [2.24, 2.45) is 11.7 Å².